The van der Waals surface area contributed by atoms with E-state index in [4.69, 9.17) is 9.84 Å². The van der Waals surface area contributed by atoms with Crippen molar-refractivity contribution in [2.75, 3.05) is 18.4 Å². The molecule has 1 aromatic carbocycles. The van der Waals surface area contributed by atoms with Gasteiger partial charge in [0.25, 0.3) is 0 Å². The zero-order valence-corrected chi connectivity index (χ0v) is 14.6. The Kier molecular flexibility index (Phi) is 5.68. The maximum Gasteiger partial charge on any atom is 0.394 e. The Morgan fingerprint density at radius 3 is 2.42 bits per heavy atom. The number of likely N-dealkylation sites (tertiary alicyclic amines) is 1. The highest BCUT2D eigenvalue weighted by molar-refractivity contribution is 5.90. The minimum atomic E-state index is -4.68. The maximum atomic E-state index is 13.0. The number of anilines is 1. The molecule has 0 radical (unpaired) electrons. The van der Waals surface area contributed by atoms with Crippen molar-refractivity contribution in [1.82, 2.24) is 4.90 Å². The Morgan fingerprint density at radius 2 is 1.96 bits per heavy atom. The zero-order chi connectivity index (χ0) is 19.6. The number of aryl methyl sites for hydroxylation is 1. The number of aliphatic carboxylic acids is 1. The highest BCUT2D eigenvalue weighted by Crippen LogP contribution is 2.38. The molecule has 0 saturated carbocycles. The SMILES string of the molecule is Cc1cc(NC(=O)N2C[C@@H](C(F)(F)F)[C@H](C(=O)O)C2)ccc1OC(C)C. The first-order valence-electron chi connectivity index (χ1n) is 8.11. The molecule has 0 aliphatic carbocycles. The summed E-state index contributed by atoms with van der Waals surface area (Å²) in [5.41, 5.74) is 1.15. The van der Waals surface area contributed by atoms with Crippen molar-refractivity contribution >= 4 is 17.7 Å². The molecular weight excluding hydrogens is 353 g/mol. The van der Waals surface area contributed by atoms with Crippen LogP contribution in [0.25, 0.3) is 0 Å². The summed E-state index contributed by atoms with van der Waals surface area (Å²) in [5, 5.41) is 11.5. The van der Waals surface area contributed by atoms with Gasteiger partial charge >= 0.3 is 18.2 Å². The second-order valence-electron chi connectivity index (χ2n) is 6.57. The van der Waals surface area contributed by atoms with Crippen LogP contribution in [-0.4, -0.2) is 47.4 Å². The molecule has 0 aromatic heterocycles. The van der Waals surface area contributed by atoms with E-state index in [1.165, 1.54) is 0 Å². The van der Waals surface area contributed by atoms with Gasteiger partial charge in [0.2, 0.25) is 0 Å². The van der Waals surface area contributed by atoms with Crippen molar-refractivity contribution in [2.24, 2.45) is 11.8 Å². The van der Waals surface area contributed by atoms with Crippen molar-refractivity contribution in [1.29, 1.82) is 0 Å². The maximum absolute atomic E-state index is 13.0. The minimum absolute atomic E-state index is 0.0222. The summed E-state index contributed by atoms with van der Waals surface area (Å²) in [6.45, 7) is 4.36. The number of ether oxygens (including phenoxy) is 1. The molecular formula is C17H21F3N2O4. The van der Waals surface area contributed by atoms with Crippen LogP contribution >= 0.6 is 0 Å². The first-order valence-corrected chi connectivity index (χ1v) is 8.11. The normalized spacial score (nSPS) is 20.3. The number of hydrogen-bond acceptors (Lipinski definition) is 3. The number of urea groups is 1. The van der Waals surface area contributed by atoms with Crippen LogP contribution < -0.4 is 10.1 Å². The van der Waals surface area contributed by atoms with Crippen LogP contribution in [0, 0.1) is 18.8 Å². The zero-order valence-electron chi connectivity index (χ0n) is 14.6. The fraction of sp³-hybridized carbons (Fsp3) is 0.529. The van der Waals surface area contributed by atoms with E-state index in [2.05, 4.69) is 5.32 Å². The molecule has 2 amide bonds. The molecule has 9 heteroatoms. The van der Waals surface area contributed by atoms with Crippen molar-refractivity contribution in [3.8, 4) is 5.75 Å². The van der Waals surface area contributed by atoms with Gasteiger partial charge < -0.3 is 20.1 Å². The smallest absolute Gasteiger partial charge is 0.394 e. The number of carbonyl (C=O) groups is 2. The topological polar surface area (TPSA) is 78.9 Å². The Morgan fingerprint density at radius 1 is 1.31 bits per heavy atom. The first-order chi connectivity index (χ1) is 12.0. The minimum Gasteiger partial charge on any atom is -0.491 e. The van der Waals surface area contributed by atoms with E-state index in [-0.39, 0.29) is 6.10 Å². The van der Waals surface area contributed by atoms with Crippen LogP contribution in [-0.2, 0) is 4.79 Å². The highest BCUT2D eigenvalue weighted by atomic mass is 19.4. The lowest BCUT2D eigenvalue weighted by atomic mass is 9.96. The third-order valence-corrected chi connectivity index (χ3v) is 4.13. The molecule has 144 valence electrons. The molecule has 1 heterocycles. The Hall–Kier alpha value is -2.45. The monoisotopic (exact) mass is 374 g/mol. The van der Waals surface area contributed by atoms with Gasteiger partial charge in [-0.25, -0.2) is 4.79 Å². The summed E-state index contributed by atoms with van der Waals surface area (Å²) >= 11 is 0. The number of nitrogens with zero attached hydrogens (tertiary/aromatic N) is 1. The third kappa shape index (κ3) is 4.59. The Bertz CT molecular complexity index is 691. The van der Waals surface area contributed by atoms with E-state index in [0.717, 1.165) is 10.5 Å². The summed E-state index contributed by atoms with van der Waals surface area (Å²) in [7, 11) is 0. The number of carboxylic acids is 1. The van der Waals surface area contributed by atoms with Crippen LogP contribution in [0.1, 0.15) is 19.4 Å². The number of carboxylic acid groups (broad SMARTS) is 1. The largest absolute Gasteiger partial charge is 0.491 e. The second-order valence-corrected chi connectivity index (χ2v) is 6.57. The van der Waals surface area contributed by atoms with Gasteiger partial charge in [-0.15, -0.1) is 0 Å². The first kappa shape index (κ1) is 19.9. The molecule has 6 nitrogen and oxygen atoms in total. The van der Waals surface area contributed by atoms with E-state index in [1.54, 1.807) is 25.1 Å². The van der Waals surface area contributed by atoms with Crippen molar-refractivity contribution in [3.63, 3.8) is 0 Å². The summed E-state index contributed by atoms with van der Waals surface area (Å²) in [5.74, 6) is -4.66. The number of amides is 2. The Balaban J connectivity index is 2.08. The standard InChI is InChI=1S/C17H21F3N2O4/c1-9(2)26-14-5-4-11(6-10(14)3)21-16(25)22-7-12(15(23)24)13(8-22)17(18,19)20/h4-6,9,12-13H,7-8H2,1-3H3,(H,21,25)(H,23,24)/t12-,13-/m1/s1. The molecule has 1 saturated heterocycles. The van der Waals surface area contributed by atoms with Gasteiger partial charge in [-0.2, -0.15) is 13.2 Å². The summed E-state index contributed by atoms with van der Waals surface area (Å²) in [6, 6.07) is 4.11. The summed E-state index contributed by atoms with van der Waals surface area (Å²) in [6.07, 6.45) is -4.70. The van der Waals surface area contributed by atoms with Crippen molar-refractivity contribution < 1.29 is 32.6 Å². The molecule has 2 N–H and O–H groups in total. The number of alkyl halides is 3. The van der Waals surface area contributed by atoms with Crippen molar-refractivity contribution in [2.45, 2.75) is 33.1 Å². The molecule has 0 spiro atoms. The molecule has 26 heavy (non-hydrogen) atoms. The lowest BCUT2D eigenvalue weighted by molar-refractivity contribution is -0.187. The summed E-state index contributed by atoms with van der Waals surface area (Å²) in [4.78, 5) is 24.2. The number of halogens is 3. The lowest BCUT2D eigenvalue weighted by Crippen LogP contribution is -2.35. The van der Waals surface area contributed by atoms with Gasteiger partial charge in [-0.05, 0) is 44.5 Å². The predicted molar refractivity (Wildman–Crippen MR) is 88.2 cm³/mol. The number of hydrogen-bond donors (Lipinski definition) is 2. The molecule has 2 rings (SSSR count). The van der Waals surface area contributed by atoms with Crippen LogP contribution in [0.2, 0.25) is 0 Å². The van der Waals surface area contributed by atoms with Gasteiger partial charge in [-0.3, -0.25) is 4.79 Å². The van der Waals surface area contributed by atoms with E-state index >= 15 is 0 Å². The molecule has 0 unspecified atom stereocenters. The number of rotatable bonds is 4. The van der Waals surface area contributed by atoms with E-state index < -0.39 is 43.1 Å². The highest BCUT2D eigenvalue weighted by Gasteiger charge is 2.53. The van der Waals surface area contributed by atoms with Gasteiger partial charge in [0.05, 0.1) is 17.9 Å². The molecule has 0 bridgehead atoms. The molecule has 1 aliphatic rings. The van der Waals surface area contributed by atoms with Crippen LogP contribution in [0.3, 0.4) is 0 Å². The Labute approximate surface area is 148 Å². The molecule has 1 aliphatic heterocycles. The quantitative estimate of drug-likeness (QED) is 0.845. The van der Waals surface area contributed by atoms with Gasteiger partial charge in [-0.1, -0.05) is 0 Å². The molecule has 1 aromatic rings. The third-order valence-electron chi connectivity index (χ3n) is 4.13. The number of benzene rings is 1. The number of carbonyl (C=O) groups excluding carboxylic acids is 1. The van der Waals surface area contributed by atoms with Crippen LogP contribution in [0.5, 0.6) is 5.75 Å². The average Bonchev–Trinajstić information content (AvgIpc) is 2.95. The van der Waals surface area contributed by atoms with Crippen molar-refractivity contribution in [3.05, 3.63) is 23.8 Å². The predicted octanol–water partition coefficient (Wildman–Crippen LogP) is 3.51. The fourth-order valence-electron chi connectivity index (χ4n) is 2.87. The van der Waals surface area contributed by atoms with E-state index in [9.17, 15) is 22.8 Å². The average molecular weight is 374 g/mol. The molecule has 2 atom stereocenters. The summed E-state index contributed by atoms with van der Waals surface area (Å²) < 4.78 is 44.6. The molecule has 1 fully saturated rings. The van der Waals surface area contributed by atoms with Gasteiger partial charge in [0.1, 0.15) is 5.75 Å². The fourth-order valence-corrected chi connectivity index (χ4v) is 2.87. The van der Waals surface area contributed by atoms with E-state index in [1.807, 2.05) is 13.8 Å². The lowest BCUT2D eigenvalue weighted by Gasteiger charge is -2.19. The van der Waals surface area contributed by atoms with Gasteiger partial charge in [0.15, 0.2) is 0 Å². The second kappa shape index (κ2) is 7.43. The van der Waals surface area contributed by atoms with Crippen LogP contribution in [0.4, 0.5) is 23.7 Å². The van der Waals surface area contributed by atoms with Crippen LogP contribution in [0.15, 0.2) is 18.2 Å². The number of nitrogens with one attached hydrogen (secondary N) is 1. The van der Waals surface area contributed by atoms with E-state index in [0.29, 0.717) is 11.4 Å². The van der Waals surface area contributed by atoms with Gasteiger partial charge in [0, 0.05) is 18.8 Å².